The molecule has 34 heavy (non-hydrogen) atoms. The highest BCUT2D eigenvalue weighted by Crippen LogP contribution is 2.40. The van der Waals surface area contributed by atoms with E-state index in [2.05, 4.69) is 0 Å². The number of aliphatic hydroxyl groups is 1. The number of fused-ring (bicyclic) bond motifs is 2. The minimum Gasteiger partial charge on any atom is -0.454 e. The fourth-order valence-electron chi connectivity index (χ4n) is 4.78. The molecule has 2 aromatic carbocycles. The average molecular weight is 470 g/mol. The summed E-state index contributed by atoms with van der Waals surface area (Å²) in [6.07, 6.45) is 0.870. The van der Waals surface area contributed by atoms with Crippen LogP contribution in [0, 0.1) is 0 Å². The minimum absolute atomic E-state index is 0.118. The van der Waals surface area contributed by atoms with Crippen LogP contribution >= 0.6 is 0 Å². The van der Waals surface area contributed by atoms with Crippen molar-refractivity contribution in [2.75, 3.05) is 26.7 Å². The number of aliphatic hydroxyl groups excluding tert-OH is 1. The Hall–Kier alpha value is -3.10. The minimum atomic E-state index is -1.06. The van der Waals surface area contributed by atoms with Crippen molar-refractivity contribution in [2.45, 2.75) is 51.6 Å². The summed E-state index contributed by atoms with van der Waals surface area (Å²) >= 11 is 0. The van der Waals surface area contributed by atoms with Crippen LogP contribution in [0.25, 0.3) is 0 Å². The number of nitrogens with zero attached hydrogens (tertiary/aromatic N) is 1. The molecule has 2 aromatic rings. The van der Waals surface area contributed by atoms with Crippen molar-refractivity contribution in [1.29, 1.82) is 0 Å². The number of benzene rings is 2. The molecule has 182 valence electrons. The first-order valence-corrected chi connectivity index (χ1v) is 11.6. The van der Waals surface area contributed by atoms with Gasteiger partial charge in [0.05, 0.1) is 17.7 Å². The number of hydrogen-bond donors (Lipinski definition) is 1. The molecule has 8 nitrogen and oxygen atoms in total. The molecule has 2 heterocycles. The van der Waals surface area contributed by atoms with Gasteiger partial charge < -0.3 is 24.1 Å². The van der Waals surface area contributed by atoms with E-state index in [-0.39, 0.29) is 38.3 Å². The van der Waals surface area contributed by atoms with Gasteiger partial charge in [-0.3, -0.25) is 14.5 Å². The van der Waals surface area contributed by atoms with Crippen LogP contribution in [-0.2, 0) is 0 Å². The van der Waals surface area contributed by atoms with Gasteiger partial charge in [-0.15, -0.1) is 0 Å². The lowest BCUT2D eigenvalue weighted by Gasteiger charge is -2.49. The number of carbonyl (C=O) groups excluding carboxylic acids is 2. The van der Waals surface area contributed by atoms with E-state index in [9.17, 15) is 14.7 Å². The van der Waals surface area contributed by atoms with Crippen LogP contribution < -0.4 is 18.9 Å². The Kier molecular flexibility index (Phi) is 6.55. The maximum Gasteiger partial charge on any atom is 0.231 e. The number of ether oxygens (including phenoxy) is 4. The van der Waals surface area contributed by atoms with Gasteiger partial charge in [-0.25, -0.2) is 0 Å². The van der Waals surface area contributed by atoms with E-state index in [1.165, 1.54) is 0 Å². The fraction of sp³-hybridized carbons (Fsp3) is 0.462. The predicted molar refractivity (Wildman–Crippen MR) is 125 cm³/mol. The van der Waals surface area contributed by atoms with Crippen molar-refractivity contribution < 1.29 is 33.6 Å². The van der Waals surface area contributed by atoms with E-state index in [0.717, 1.165) is 0 Å². The Morgan fingerprint density at radius 1 is 0.794 bits per heavy atom. The van der Waals surface area contributed by atoms with Gasteiger partial charge in [-0.2, -0.15) is 0 Å². The van der Waals surface area contributed by atoms with Crippen molar-refractivity contribution in [2.24, 2.45) is 0 Å². The summed E-state index contributed by atoms with van der Waals surface area (Å²) in [5.41, 5.74) is -1.20. The highest BCUT2D eigenvalue weighted by Gasteiger charge is 2.49. The second-order valence-electron chi connectivity index (χ2n) is 8.92. The number of rotatable bonds is 10. The van der Waals surface area contributed by atoms with Crippen LogP contribution in [0.5, 0.6) is 23.0 Å². The normalized spacial score (nSPS) is 17.4. The molecule has 0 spiro atoms. The molecular weight excluding hydrogens is 438 g/mol. The van der Waals surface area contributed by atoms with Crippen LogP contribution in [0.1, 0.15) is 61.3 Å². The molecule has 2 aliphatic rings. The number of Topliss-reactive ketones (excluding diaryl/α,β-unsaturated/α-hetero) is 2. The quantitative estimate of drug-likeness (QED) is 0.525. The Bertz CT molecular complexity index is 1020. The third-order valence-corrected chi connectivity index (χ3v) is 7.14. The summed E-state index contributed by atoms with van der Waals surface area (Å²) in [6.45, 7) is 7.67. The molecule has 0 aliphatic carbocycles. The topological polar surface area (TPSA) is 94.5 Å². The maximum atomic E-state index is 13.9. The van der Waals surface area contributed by atoms with Crippen molar-refractivity contribution in [3.05, 3.63) is 47.5 Å². The zero-order valence-electron chi connectivity index (χ0n) is 20.1. The first kappa shape index (κ1) is 24.0. The maximum absolute atomic E-state index is 13.9. The second-order valence-corrected chi connectivity index (χ2v) is 8.92. The van der Waals surface area contributed by atoms with Crippen molar-refractivity contribution in [3.63, 3.8) is 0 Å². The van der Waals surface area contributed by atoms with E-state index < -0.39 is 11.1 Å². The Morgan fingerprint density at radius 3 is 1.59 bits per heavy atom. The van der Waals surface area contributed by atoms with Crippen LogP contribution in [-0.4, -0.2) is 59.4 Å². The fourth-order valence-corrected chi connectivity index (χ4v) is 4.78. The van der Waals surface area contributed by atoms with E-state index in [1.807, 2.05) is 32.6 Å². The lowest BCUT2D eigenvalue weighted by Crippen LogP contribution is -2.65. The molecule has 8 heteroatoms. The third-order valence-electron chi connectivity index (χ3n) is 7.14. The number of ketones is 2. The zero-order valence-corrected chi connectivity index (χ0v) is 20.1. The van der Waals surface area contributed by atoms with Crippen molar-refractivity contribution >= 4 is 11.6 Å². The molecule has 0 bridgehead atoms. The largest absolute Gasteiger partial charge is 0.454 e. The summed E-state index contributed by atoms with van der Waals surface area (Å²) in [6, 6.07) is 10.2. The monoisotopic (exact) mass is 469 g/mol. The summed E-state index contributed by atoms with van der Waals surface area (Å²) in [5.74, 6) is 1.93. The van der Waals surface area contributed by atoms with Gasteiger partial charge in [0, 0.05) is 17.7 Å². The van der Waals surface area contributed by atoms with Gasteiger partial charge in [0.15, 0.2) is 34.6 Å². The zero-order chi connectivity index (χ0) is 24.5. The summed E-state index contributed by atoms with van der Waals surface area (Å²) in [5, 5.41) is 9.98. The smallest absolute Gasteiger partial charge is 0.231 e. The van der Waals surface area contributed by atoms with Gasteiger partial charge in [-0.05, 0) is 63.1 Å². The van der Waals surface area contributed by atoms with Crippen LogP contribution in [0.4, 0.5) is 0 Å². The molecule has 0 aromatic heterocycles. The molecule has 0 fully saturated rings. The molecule has 2 unspecified atom stereocenters. The summed E-state index contributed by atoms with van der Waals surface area (Å²) in [4.78, 5) is 29.7. The van der Waals surface area contributed by atoms with E-state index in [0.29, 0.717) is 47.0 Å². The Labute approximate surface area is 199 Å². The summed E-state index contributed by atoms with van der Waals surface area (Å²) in [7, 11) is 0. The van der Waals surface area contributed by atoms with Gasteiger partial charge in [0.25, 0.3) is 0 Å². The Balaban J connectivity index is 1.73. The van der Waals surface area contributed by atoms with E-state index in [4.69, 9.17) is 18.9 Å². The van der Waals surface area contributed by atoms with Gasteiger partial charge >= 0.3 is 0 Å². The number of carbonyl (C=O) groups is 2. The number of hydrogen-bond acceptors (Lipinski definition) is 8. The highest BCUT2D eigenvalue weighted by atomic mass is 16.7. The van der Waals surface area contributed by atoms with E-state index >= 15 is 0 Å². The predicted octanol–water partition coefficient (Wildman–Crippen LogP) is 3.84. The third kappa shape index (κ3) is 3.91. The SMILES string of the molecule is CCC(C)(C(=O)c1ccc2c(c1)OCO2)N(CCO)C(C)(CC)C(=O)c1ccc2c(c1)OCO2. The van der Waals surface area contributed by atoms with Crippen molar-refractivity contribution in [1.82, 2.24) is 4.90 Å². The molecule has 0 saturated heterocycles. The molecule has 4 rings (SSSR count). The van der Waals surface area contributed by atoms with Gasteiger partial charge in [0.1, 0.15) is 0 Å². The molecule has 1 N–H and O–H groups in total. The molecule has 2 atom stereocenters. The molecule has 0 saturated carbocycles. The van der Waals surface area contributed by atoms with Crippen LogP contribution in [0.2, 0.25) is 0 Å². The van der Waals surface area contributed by atoms with Crippen molar-refractivity contribution in [3.8, 4) is 23.0 Å². The highest BCUT2D eigenvalue weighted by molar-refractivity contribution is 6.06. The number of β-amino-alcohol motifs (C(OH)–C–C–N with tert-alkyl or cyclic N) is 1. The molecular formula is C26H31NO7. The molecule has 2 aliphatic heterocycles. The average Bonchev–Trinajstić information content (AvgIpc) is 3.53. The Morgan fingerprint density at radius 2 is 1.21 bits per heavy atom. The van der Waals surface area contributed by atoms with Gasteiger partial charge in [-0.1, -0.05) is 13.8 Å². The second kappa shape index (κ2) is 9.27. The first-order chi connectivity index (χ1) is 16.3. The van der Waals surface area contributed by atoms with Crippen LogP contribution in [0.3, 0.4) is 0 Å². The van der Waals surface area contributed by atoms with Crippen LogP contribution in [0.15, 0.2) is 36.4 Å². The first-order valence-electron chi connectivity index (χ1n) is 11.6. The standard InChI is InChI=1S/C26H31NO7/c1-5-25(3,23(29)17-7-9-19-21(13-17)33-15-31-19)27(11-12-28)26(4,6-2)24(30)18-8-10-20-22(14-18)34-16-32-20/h7-10,13-14,28H,5-6,11-12,15-16H2,1-4H3. The lowest BCUT2D eigenvalue weighted by molar-refractivity contribution is -0.00368. The summed E-state index contributed by atoms with van der Waals surface area (Å²) < 4.78 is 21.7. The van der Waals surface area contributed by atoms with E-state index in [1.54, 1.807) is 36.4 Å². The lowest BCUT2D eigenvalue weighted by atomic mass is 9.78. The molecule has 0 amide bonds. The molecule has 0 radical (unpaired) electrons. The van der Waals surface area contributed by atoms with Gasteiger partial charge in [0.2, 0.25) is 13.6 Å².